The smallest absolute Gasteiger partial charge is 0.123 e. The van der Waals surface area contributed by atoms with Crippen molar-refractivity contribution < 1.29 is 25.5 Å². The van der Waals surface area contributed by atoms with Gasteiger partial charge in [0.1, 0.15) is 23.0 Å². The van der Waals surface area contributed by atoms with Gasteiger partial charge in [0, 0.05) is 17.5 Å². The number of aromatic hydroxyl groups is 4. The van der Waals surface area contributed by atoms with Crippen molar-refractivity contribution in [2.75, 3.05) is 0 Å². The highest BCUT2D eigenvalue weighted by molar-refractivity contribution is 5.51. The van der Waals surface area contributed by atoms with Gasteiger partial charge in [-0.25, -0.2) is 0 Å². The molecule has 2 aromatic rings. The molecule has 2 aliphatic carbocycles. The number of hydrogen-bond acceptors (Lipinski definition) is 5. The molecule has 4 atom stereocenters. The second-order valence-electron chi connectivity index (χ2n) is 15.0. The Morgan fingerprint density at radius 2 is 1.28 bits per heavy atom. The molecule has 0 aliphatic heterocycles. The summed E-state index contributed by atoms with van der Waals surface area (Å²) in [6, 6.07) is 8.48. The van der Waals surface area contributed by atoms with E-state index in [9.17, 15) is 25.5 Å². The number of phenols is 4. The highest BCUT2D eigenvalue weighted by Crippen LogP contribution is 2.46. The van der Waals surface area contributed by atoms with Crippen LogP contribution in [0.5, 0.6) is 23.0 Å². The molecule has 5 heteroatoms. The molecule has 2 aromatic carbocycles. The second-order valence-corrected chi connectivity index (χ2v) is 15.0. The number of hydrogen-bond donors (Lipinski definition) is 5. The lowest BCUT2D eigenvalue weighted by atomic mass is 9.71. The zero-order chi connectivity index (χ0) is 35.1. The van der Waals surface area contributed by atoms with Crippen molar-refractivity contribution in [2.45, 2.75) is 144 Å². The van der Waals surface area contributed by atoms with Gasteiger partial charge >= 0.3 is 0 Å². The van der Waals surface area contributed by atoms with Crippen LogP contribution in [0.2, 0.25) is 0 Å². The van der Waals surface area contributed by atoms with Gasteiger partial charge in [0.2, 0.25) is 0 Å². The van der Waals surface area contributed by atoms with E-state index in [0.29, 0.717) is 23.7 Å². The molecular weight excluding hydrogens is 584 g/mol. The first-order valence-electron chi connectivity index (χ1n) is 18.3. The van der Waals surface area contributed by atoms with Crippen LogP contribution in [0.4, 0.5) is 0 Å². The maximum Gasteiger partial charge on any atom is 0.123 e. The van der Waals surface area contributed by atoms with E-state index in [1.54, 1.807) is 12.1 Å². The molecule has 0 aromatic heterocycles. The van der Waals surface area contributed by atoms with Crippen LogP contribution in [-0.2, 0) is 12.8 Å². The summed E-state index contributed by atoms with van der Waals surface area (Å²) >= 11 is 0. The third-order valence-corrected chi connectivity index (χ3v) is 9.83. The zero-order valence-corrected chi connectivity index (χ0v) is 30.7. The Hall–Kier alpha value is -2.92. The zero-order valence-electron chi connectivity index (χ0n) is 30.7. The molecule has 0 fully saturated rings. The number of aryl methyl sites for hydroxylation is 2. The number of benzene rings is 2. The first-order valence-corrected chi connectivity index (χ1v) is 18.3. The highest BCUT2D eigenvalue weighted by atomic mass is 16.3. The van der Waals surface area contributed by atoms with Crippen LogP contribution < -0.4 is 0 Å². The molecule has 0 spiro atoms. The van der Waals surface area contributed by atoms with Crippen LogP contribution in [0, 0.1) is 23.7 Å². The molecule has 0 heterocycles. The number of allylic oxidation sites excluding steroid dienone is 3. The fraction of sp³-hybridized carbons (Fsp3) is 0.619. The van der Waals surface area contributed by atoms with E-state index in [4.69, 9.17) is 0 Å². The Morgan fingerprint density at radius 3 is 1.72 bits per heavy atom. The summed E-state index contributed by atoms with van der Waals surface area (Å²) < 4.78 is 0. The monoisotopic (exact) mass is 650 g/mol. The number of phenolic OH excluding ortho intramolecular Hbond substituents is 4. The quantitative estimate of drug-likeness (QED) is 0.123. The highest BCUT2D eigenvalue weighted by Gasteiger charge is 2.31. The maximum absolute atomic E-state index is 10.6. The lowest BCUT2D eigenvalue weighted by Gasteiger charge is -2.33. The summed E-state index contributed by atoms with van der Waals surface area (Å²) in [5.41, 5.74) is 3.59. The minimum absolute atomic E-state index is 0.119. The minimum atomic E-state index is -0.536. The number of rotatable bonds is 11. The predicted octanol–water partition coefficient (Wildman–Crippen LogP) is 11.1. The van der Waals surface area contributed by atoms with Crippen molar-refractivity contribution in [2.24, 2.45) is 23.7 Å². The summed E-state index contributed by atoms with van der Waals surface area (Å²) in [5, 5.41) is 49.1. The van der Waals surface area contributed by atoms with Gasteiger partial charge in [0.15, 0.2) is 0 Å². The Kier molecular flexibility index (Phi) is 17.0. The standard InChI is InChI=1S/C21H32O2.C11H16O2.C10H18O/c1-5-6-7-8-16-12-19(22)21(20(23)13-16)18-11-15(4)9-10-17(18)14(2)3;1-2-3-4-5-9-6-10(12)8-11(13)7-9;1-8(2)9-4-6-10(3,11)7-5-9/h11-14,17-18,22-23H,5-10H2,1-4H3;6-8,12-13H,2-5H2,1H3;4,6,8-9,11H,5,7H2,1-3H3/t17-,18+;;9-,10?/m0.0/s1. The average molecular weight is 651 g/mol. The lowest BCUT2D eigenvalue weighted by molar-refractivity contribution is 0.0845. The van der Waals surface area contributed by atoms with E-state index in [-0.39, 0.29) is 28.9 Å². The summed E-state index contributed by atoms with van der Waals surface area (Å²) in [5.74, 6) is 3.33. The molecule has 0 saturated heterocycles. The Bertz CT molecular complexity index is 1230. The molecular formula is C42H66O5. The molecule has 1 unspecified atom stereocenters. The van der Waals surface area contributed by atoms with Gasteiger partial charge < -0.3 is 25.5 Å². The molecule has 4 rings (SSSR count). The van der Waals surface area contributed by atoms with E-state index in [0.717, 1.165) is 68.1 Å². The first kappa shape index (κ1) is 40.3. The SMILES string of the molecule is CC(C)[C@H]1C=CC(C)(O)CC1.CCCCCc1cc(O)c([C@@H]2C=C(C)CC[C@H]2C(C)C)c(O)c1.CCCCCc1cc(O)cc(O)c1. The van der Waals surface area contributed by atoms with Crippen LogP contribution in [-0.4, -0.2) is 31.1 Å². The van der Waals surface area contributed by atoms with Gasteiger partial charge in [-0.05, 0) is 124 Å². The van der Waals surface area contributed by atoms with E-state index < -0.39 is 5.60 Å². The summed E-state index contributed by atoms with van der Waals surface area (Å²) in [6.07, 6.45) is 19.4. The van der Waals surface area contributed by atoms with Gasteiger partial charge in [-0.1, -0.05) is 91.0 Å². The minimum Gasteiger partial charge on any atom is -0.508 e. The van der Waals surface area contributed by atoms with E-state index in [1.165, 1.54) is 37.3 Å². The van der Waals surface area contributed by atoms with Crippen molar-refractivity contribution >= 4 is 0 Å². The third kappa shape index (κ3) is 14.0. The fourth-order valence-electron chi connectivity index (χ4n) is 6.78. The first-order chi connectivity index (χ1) is 22.2. The van der Waals surface area contributed by atoms with Crippen molar-refractivity contribution in [3.05, 3.63) is 70.8 Å². The van der Waals surface area contributed by atoms with Crippen LogP contribution in [0.3, 0.4) is 0 Å². The van der Waals surface area contributed by atoms with Crippen molar-refractivity contribution in [3.63, 3.8) is 0 Å². The Morgan fingerprint density at radius 1 is 0.745 bits per heavy atom. The van der Waals surface area contributed by atoms with Gasteiger partial charge in [-0.3, -0.25) is 0 Å². The average Bonchev–Trinajstić information content (AvgIpc) is 2.97. The predicted molar refractivity (Wildman–Crippen MR) is 197 cm³/mol. The largest absolute Gasteiger partial charge is 0.508 e. The molecule has 0 amide bonds. The van der Waals surface area contributed by atoms with Crippen LogP contribution in [0.15, 0.2) is 54.1 Å². The topological polar surface area (TPSA) is 101 Å². The molecule has 5 nitrogen and oxygen atoms in total. The number of unbranched alkanes of at least 4 members (excludes halogenated alkanes) is 4. The summed E-state index contributed by atoms with van der Waals surface area (Å²) in [7, 11) is 0. The third-order valence-electron chi connectivity index (χ3n) is 9.83. The van der Waals surface area contributed by atoms with Crippen molar-refractivity contribution in [1.29, 1.82) is 0 Å². The second kappa shape index (κ2) is 19.8. The molecule has 47 heavy (non-hydrogen) atoms. The Balaban J connectivity index is 0.000000270. The molecule has 2 aliphatic rings. The van der Waals surface area contributed by atoms with E-state index in [1.807, 2.05) is 25.1 Å². The molecule has 5 N–H and O–H groups in total. The summed E-state index contributed by atoms with van der Waals surface area (Å²) in [6.45, 7) is 17.3. The van der Waals surface area contributed by atoms with Gasteiger partial charge in [0.25, 0.3) is 0 Å². The van der Waals surface area contributed by atoms with Gasteiger partial charge in [-0.15, -0.1) is 0 Å². The van der Waals surface area contributed by atoms with Crippen molar-refractivity contribution in [3.8, 4) is 23.0 Å². The maximum atomic E-state index is 10.6. The van der Waals surface area contributed by atoms with E-state index >= 15 is 0 Å². The van der Waals surface area contributed by atoms with Gasteiger partial charge in [0.05, 0.1) is 5.60 Å². The summed E-state index contributed by atoms with van der Waals surface area (Å²) in [4.78, 5) is 0. The van der Waals surface area contributed by atoms with E-state index in [2.05, 4.69) is 60.6 Å². The van der Waals surface area contributed by atoms with Crippen LogP contribution in [0.1, 0.15) is 142 Å². The lowest BCUT2D eigenvalue weighted by Crippen LogP contribution is -2.26. The van der Waals surface area contributed by atoms with Gasteiger partial charge in [-0.2, -0.15) is 0 Å². The fourth-order valence-corrected chi connectivity index (χ4v) is 6.78. The van der Waals surface area contributed by atoms with Crippen molar-refractivity contribution in [1.82, 2.24) is 0 Å². The number of aliphatic hydroxyl groups is 1. The van der Waals surface area contributed by atoms with Crippen LogP contribution >= 0.6 is 0 Å². The molecule has 264 valence electrons. The molecule has 0 saturated carbocycles. The Labute approximate surface area is 286 Å². The molecule has 0 bridgehead atoms. The molecule has 0 radical (unpaired) electrons. The van der Waals surface area contributed by atoms with Crippen LogP contribution in [0.25, 0.3) is 0 Å². The normalized spacial score (nSPS) is 22.3.